The zero-order chi connectivity index (χ0) is 15.5. The van der Waals surface area contributed by atoms with E-state index in [4.69, 9.17) is 11.6 Å². The Kier molecular flexibility index (Phi) is 5.20. The summed E-state index contributed by atoms with van der Waals surface area (Å²) in [6.07, 6.45) is 0. The third kappa shape index (κ3) is 4.40. The van der Waals surface area contributed by atoms with E-state index in [9.17, 15) is 13.2 Å². The highest BCUT2D eigenvalue weighted by Gasteiger charge is 2.15. The summed E-state index contributed by atoms with van der Waals surface area (Å²) < 4.78 is 24.9. The van der Waals surface area contributed by atoms with Gasteiger partial charge in [-0.2, -0.15) is 0 Å². The normalized spacial score (nSPS) is 11.1. The van der Waals surface area contributed by atoms with Gasteiger partial charge in [-0.25, -0.2) is 8.42 Å². The topological polar surface area (TPSA) is 75.3 Å². The summed E-state index contributed by atoms with van der Waals surface area (Å²) in [5, 5.41) is 0.428. The van der Waals surface area contributed by atoms with Crippen LogP contribution in [0.2, 0.25) is 5.02 Å². The summed E-state index contributed by atoms with van der Waals surface area (Å²) in [6, 6.07) is 12.3. The smallest absolute Gasteiger partial charge is 0.266 e. The van der Waals surface area contributed by atoms with E-state index in [1.54, 1.807) is 24.3 Å². The molecule has 1 amide bonds. The molecule has 0 saturated heterocycles. The number of rotatable bonds is 4. The van der Waals surface area contributed by atoms with Crippen LogP contribution in [0, 0.1) is 3.57 Å². The second kappa shape index (κ2) is 6.73. The van der Waals surface area contributed by atoms with E-state index in [2.05, 4.69) is 28.0 Å². The Labute approximate surface area is 140 Å². The Morgan fingerprint density at radius 2 is 1.57 bits per heavy atom. The number of carbonyl (C=O) groups excluding carboxylic acids is 1. The van der Waals surface area contributed by atoms with Gasteiger partial charge in [0.05, 0.1) is 4.90 Å². The molecule has 0 spiro atoms. The van der Waals surface area contributed by atoms with Crippen LogP contribution in [0.3, 0.4) is 0 Å². The third-order valence-corrected chi connectivity index (χ3v) is 4.76. The molecule has 2 N–H and O–H groups in total. The van der Waals surface area contributed by atoms with E-state index in [1.807, 2.05) is 4.83 Å². The zero-order valence-corrected chi connectivity index (χ0v) is 14.2. The zero-order valence-electron chi connectivity index (χ0n) is 10.5. The molecule has 0 radical (unpaired) electrons. The van der Waals surface area contributed by atoms with Crippen LogP contribution in [0.15, 0.2) is 53.4 Å². The fourth-order valence-corrected chi connectivity index (χ4v) is 2.78. The maximum Gasteiger partial charge on any atom is 0.266 e. The lowest BCUT2D eigenvalue weighted by molar-refractivity contribution is 0.0945. The first-order valence-corrected chi connectivity index (χ1v) is 8.66. The van der Waals surface area contributed by atoms with Crippen molar-refractivity contribution >= 4 is 50.1 Å². The van der Waals surface area contributed by atoms with Crippen molar-refractivity contribution in [2.45, 2.75) is 4.90 Å². The standard InChI is InChI=1S/C13H10ClIN2O3S/c14-10-3-7-12(8-4-10)21(19,20)17-16-13(18)9-1-5-11(15)6-2-9/h1-8,17H,(H,16,18). The molecule has 2 aromatic carbocycles. The molecule has 5 nitrogen and oxygen atoms in total. The molecule has 8 heteroatoms. The number of carbonyl (C=O) groups is 1. The van der Waals surface area contributed by atoms with E-state index >= 15 is 0 Å². The molecule has 2 aromatic rings. The quantitative estimate of drug-likeness (QED) is 0.571. The first kappa shape index (κ1) is 16.2. The molecule has 0 aliphatic heterocycles. The molecule has 0 atom stereocenters. The van der Waals surface area contributed by atoms with Gasteiger partial charge in [0.15, 0.2) is 0 Å². The van der Waals surface area contributed by atoms with Gasteiger partial charge in [-0.1, -0.05) is 11.6 Å². The first-order valence-electron chi connectivity index (χ1n) is 5.72. The van der Waals surface area contributed by atoms with Crippen molar-refractivity contribution in [3.63, 3.8) is 0 Å². The van der Waals surface area contributed by atoms with Gasteiger partial charge in [0, 0.05) is 14.2 Å². The molecule has 0 saturated carbocycles. The molecule has 110 valence electrons. The van der Waals surface area contributed by atoms with Crippen LogP contribution in [-0.4, -0.2) is 14.3 Å². The Balaban J connectivity index is 2.06. The van der Waals surface area contributed by atoms with Crippen LogP contribution < -0.4 is 10.3 Å². The van der Waals surface area contributed by atoms with E-state index in [-0.39, 0.29) is 4.90 Å². The summed E-state index contributed by atoms with van der Waals surface area (Å²) in [7, 11) is -3.83. The van der Waals surface area contributed by atoms with Gasteiger partial charge in [-0.05, 0) is 71.1 Å². The minimum atomic E-state index is -3.83. The second-order valence-corrected chi connectivity index (χ2v) is 7.38. The summed E-state index contributed by atoms with van der Waals surface area (Å²) in [5.41, 5.74) is 2.52. The first-order chi connectivity index (χ1) is 9.88. The van der Waals surface area contributed by atoms with E-state index in [0.29, 0.717) is 10.6 Å². The highest BCUT2D eigenvalue weighted by atomic mass is 127. The molecule has 2 rings (SSSR count). The molecule has 21 heavy (non-hydrogen) atoms. The van der Waals surface area contributed by atoms with Gasteiger partial charge < -0.3 is 0 Å². The Morgan fingerprint density at radius 3 is 2.14 bits per heavy atom. The van der Waals surface area contributed by atoms with Crippen LogP contribution in [-0.2, 0) is 10.0 Å². The van der Waals surface area contributed by atoms with Crippen molar-refractivity contribution in [2.24, 2.45) is 0 Å². The lowest BCUT2D eigenvalue weighted by Gasteiger charge is -2.08. The highest BCUT2D eigenvalue weighted by Crippen LogP contribution is 2.13. The van der Waals surface area contributed by atoms with Gasteiger partial charge >= 0.3 is 0 Å². The summed E-state index contributed by atoms with van der Waals surface area (Å²) >= 11 is 7.81. The molecular formula is C13H10ClIN2O3S. The Morgan fingerprint density at radius 1 is 1.00 bits per heavy atom. The lowest BCUT2D eigenvalue weighted by atomic mass is 10.2. The SMILES string of the molecule is O=C(NNS(=O)(=O)c1ccc(Cl)cc1)c1ccc(I)cc1. The monoisotopic (exact) mass is 436 g/mol. The molecule has 0 bridgehead atoms. The fraction of sp³-hybridized carbons (Fsp3) is 0. The Bertz CT molecular complexity index is 746. The average molecular weight is 437 g/mol. The second-order valence-electron chi connectivity index (χ2n) is 4.02. The van der Waals surface area contributed by atoms with Crippen LogP contribution in [0.5, 0.6) is 0 Å². The number of nitrogens with one attached hydrogen (secondary N) is 2. The molecule has 0 aliphatic rings. The van der Waals surface area contributed by atoms with Crippen LogP contribution in [0.1, 0.15) is 10.4 Å². The number of benzene rings is 2. The molecule has 0 aliphatic carbocycles. The maximum atomic E-state index is 12.0. The van der Waals surface area contributed by atoms with Gasteiger partial charge in [0.1, 0.15) is 0 Å². The van der Waals surface area contributed by atoms with Crippen molar-refractivity contribution in [1.29, 1.82) is 0 Å². The number of hydrazine groups is 1. The predicted molar refractivity (Wildman–Crippen MR) is 88.4 cm³/mol. The molecule has 0 fully saturated rings. The van der Waals surface area contributed by atoms with Crippen molar-refractivity contribution in [2.75, 3.05) is 0 Å². The van der Waals surface area contributed by atoms with Crippen LogP contribution in [0.25, 0.3) is 0 Å². The summed E-state index contributed by atoms with van der Waals surface area (Å²) in [5.74, 6) is -0.538. The number of hydrogen-bond donors (Lipinski definition) is 2. The minimum Gasteiger partial charge on any atom is -0.273 e. The van der Waals surface area contributed by atoms with Crippen molar-refractivity contribution in [3.05, 3.63) is 62.7 Å². The van der Waals surface area contributed by atoms with E-state index < -0.39 is 15.9 Å². The lowest BCUT2D eigenvalue weighted by Crippen LogP contribution is -2.41. The minimum absolute atomic E-state index is 0.00908. The summed E-state index contributed by atoms with van der Waals surface area (Å²) in [4.78, 5) is 13.9. The number of hydrogen-bond acceptors (Lipinski definition) is 3. The van der Waals surface area contributed by atoms with Crippen molar-refractivity contribution < 1.29 is 13.2 Å². The number of sulfonamides is 1. The Hall–Kier alpha value is -1.16. The fourth-order valence-electron chi connectivity index (χ4n) is 1.46. The largest absolute Gasteiger partial charge is 0.273 e. The molecule has 0 unspecified atom stereocenters. The van der Waals surface area contributed by atoms with Gasteiger partial charge in [-0.15, -0.1) is 4.83 Å². The third-order valence-electron chi connectivity index (χ3n) is 2.53. The highest BCUT2D eigenvalue weighted by molar-refractivity contribution is 14.1. The van der Waals surface area contributed by atoms with Gasteiger partial charge in [0.2, 0.25) is 0 Å². The molecule has 0 heterocycles. The van der Waals surface area contributed by atoms with Gasteiger partial charge in [0.25, 0.3) is 15.9 Å². The van der Waals surface area contributed by atoms with Gasteiger partial charge in [-0.3, -0.25) is 10.2 Å². The number of halogens is 2. The van der Waals surface area contributed by atoms with Crippen molar-refractivity contribution in [1.82, 2.24) is 10.3 Å². The molecule has 0 aromatic heterocycles. The summed E-state index contributed by atoms with van der Waals surface area (Å²) in [6.45, 7) is 0. The average Bonchev–Trinajstić information content (AvgIpc) is 2.46. The maximum absolute atomic E-state index is 12.0. The van der Waals surface area contributed by atoms with Crippen molar-refractivity contribution in [3.8, 4) is 0 Å². The number of amides is 1. The molecular weight excluding hydrogens is 427 g/mol. The van der Waals surface area contributed by atoms with E-state index in [1.165, 1.54) is 24.3 Å². The predicted octanol–water partition coefficient (Wildman–Crippen LogP) is 2.57. The van der Waals surface area contributed by atoms with Crippen LogP contribution in [0.4, 0.5) is 0 Å². The van der Waals surface area contributed by atoms with Crippen LogP contribution >= 0.6 is 34.2 Å². The van der Waals surface area contributed by atoms with E-state index in [0.717, 1.165) is 3.57 Å².